The van der Waals surface area contributed by atoms with Gasteiger partial charge >= 0.3 is 0 Å². The maximum absolute atomic E-state index is 6.15. The molecule has 0 aliphatic rings. The van der Waals surface area contributed by atoms with Gasteiger partial charge in [0, 0.05) is 5.56 Å². The minimum atomic E-state index is 0.664. The number of hydrogen-bond acceptors (Lipinski definition) is 2. The van der Waals surface area contributed by atoms with E-state index in [4.69, 9.17) is 16.1 Å². The van der Waals surface area contributed by atoms with E-state index in [2.05, 4.69) is 5.16 Å². The van der Waals surface area contributed by atoms with Gasteiger partial charge in [-0.2, -0.15) is 0 Å². The molecule has 0 saturated carbocycles. The Morgan fingerprint density at radius 1 is 0.938 bits per heavy atom. The fourth-order valence-electron chi connectivity index (χ4n) is 1.74. The maximum Gasteiger partial charge on any atom is 0.176 e. The van der Waals surface area contributed by atoms with Crippen molar-refractivity contribution in [1.82, 2.24) is 5.16 Å². The number of nitrogens with zero attached hydrogens (tertiary/aromatic N) is 1. The summed E-state index contributed by atoms with van der Waals surface area (Å²) in [6, 6.07) is 15.4. The molecule has 0 fully saturated rings. The molecule has 0 saturated heterocycles. The van der Waals surface area contributed by atoms with Gasteiger partial charge in [0.05, 0.1) is 10.4 Å². The molecule has 1 aromatic heterocycles. The zero-order chi connectivity index (χ0) is 11.0. The van der Waals surface area contributed by atoms with Crippen molar-refractivity contribution >= 4 is 22.5 Å². The molecule has 2 aromatic carbocycles. The summed E-state index contributed by atoms with van der Waals surface area (Å²) in [5.74, 6) is 0.723. The second-order valence-corrected chi connectivity index (χ2v) is 3.92. The maximum atomic E-state index is 6.15. The van der Waals surface area contributed by atoms with E-state index in [0.29, 0.717) is 5.02 Å². The Morgan fingerprint density at radius 3 is 2.56 bits per heavy atom. The highest BCUT2D eigenvalue weighted by Gasteiger charge is 2.12. The fraction of sp³-hybridized carbons (Fsp3) is 0. The van der Waals surface area contributed by atoms with Crippen LogP contribution in [0.25, 0.3) is 22.2 Å². The first kappa shape index (κ1) is 9.43. The number of rotatable bonds is 1. The van der Waals surface area contributed by atoms with Gasteiger partial charge in [0.15, 0.2) is 5.76 Å². The molecule has 0 aliphatic heterocycles. The number of halogens is 1. The molecule has 0 N–H and O–H groups in total. The Balaban J connectivity index is 2.33. The number of aromatic nitrogens is 1. The molecule has 16 heavy (non-hydrogen) atoms. The summed E-state index contributed by atoms with van der Waals surface area (Å²) in [6.07, 6.45) is 0. The molecule has 0 atom stereocenters. The quantitative estimate of drug-likeness (QED) is 0.627. The SMILES string of the molecule is Clc1cccc2noc(-c3ccccc3)c12. The minimum absolute atomic E-state index is 0.664. The van der Waals surface area contributed by atoms with Crippen LogP contribution in [0.15, 0.2) is 53.1 Å². The largest absolute Gasteiger partial charge is 0.355 e. The third-order valence-corrected chi connectivity index (χ3v) is 2.80. The molecule has 2 nitrogen and oxygen atoms in total. The highest BCUT2D eigenvalue weighted by Crippen LogP contribution is 2.33. The number of hydrogen-bond donors (Lipinski definition) is 0. The monoisotopic (exact) mass is 229 g/mol. The lowest BCUT2D eigenvalue weighted by Gasteiger charge is -1.96. The van der Waals surface area contributed by atoms with Gasteiger partial charge in [-0.1, -0.05) is 53.2 Å². The summed E-state index contributed by atoms with van der Waals surface area (Å²) in [5.41, 5.74) is 1.77. The normalized spacial score (nSPS) is 10.8. The predicted molar refractivity (Wildman–Crippen MR) is 64.5 cm³/mol. The van der Waals surface area contributed by atoms with Crippen LogP contribution in [0.1, 0.15) is 0 Å². The van der Waals surface area contributed by atoms with Crippen LogP contribution in [-0.4, -0.2) is 5.16 Å². The van der Waals surface area contributed by atoms with Gasteiger partial charge in [-0.3, -0.25) is 0 Å². The highest BCUT2D eigenvalue weighted by molar-refractivity contribution is 6.36. The minimum Gasteiger partial charge on any atom is -0.355 e. The first-order valence-corrected chi connectivity index (χ1v) is 5.33. The molecule has 1 heterocycles. The molecule has 0 unspecified atom stereocenters. The summed E-state index contributed by atoms with van der Waals surface area (Å²) in [7, 11) is 0. The Labute approximate surface area is 97.4 Å². The smallest absolute Gasteiger partial charge is 0.176 e. The van der Waals surface area contributed by atoms with E-state index in [-0.39, 0.29) is 0 Å². The van der Waals surface area contributed by atoms with E-state index < -0.39 is 0 Å². The van der Waals surface area contributed by atoms with Crippen LogP contribution in [0.4, 0.5) is 0 Å². The van der Waals surface area contributed by atoms with Crippen molar-refractivity contribution in [2.45, 2.75) is 0 Å². The van der Waals surface area contributed by atoms with Crippen molar-refractivity contribution in [3.8, 4) is 11.3 Å². The van der Waals surface area contributed by atoms with Gasteiger partial charge in [0.1, 0.15) is 5.52 Å². The van der Waals surface area contributed by atoms with Crippen molar-refractivity contribution in [3.63, 3.8) is 0 Å². The predicted octanol–water partition coefficient (Wildman–Crippen LogP) is 4.15. The summed E-state index contributed by atoms with van der Waals surface area (Å²) >= 11 is 6.15. The molecular weight excluding hydrogens is 222 g/mol. The van der Waals surface area contributed by atoms with Crippen molar-refractivity contribution in [3.05, 3.63) is 53.6 Å². The molecule has 0 radical (unpaired) electrons. The molecule has 0 aliphatic carbocycles. The van der Waals surface area contributed by atoms with E-state index in [9.17, 15) is 0 Å². The van der Waals surface area contributed by atoms with Crippen LogP contribution >= 0.6 is 11.6 Å². The van der Waals surface area contributed by atoms with Crippen molar-refractivity contribution in [2.24, 2.45) is 0 Å². The van der Waals surface area contributed by atoms with E-state index in [1.165, 1.54) is 0 Å². The van der Waals surface area contributed by atoms with E-state index in [0.717, 1.165) is 22.2 Å². The van der Waals surface area contributed by atoms with Crippen LogP contribution in [0, 0.1) is 0 Å². The van der Waals surface area contributed by atoms with Crippen LogP contribution in [0.3, 0.4) is 0 Å². The Kier molecular flexibility index (Phi) is 2.15. The molecular formula is C13H8ClNO. The summed E-state index contributed by atoms with van der Waals surface area (Å²) in [5, 5.41) is 5.53. The lowest BCUT2D eigenvalue weighted by molar-refractivity contribution is 0.441. The molecule has 3 aromatic rings. The molecule has 0 spiro atoms. The topological polar surface area (TPSA) is 26.0 Å². The first-order chi connectivity index (χ1) is 7.86. The molecule has 3 heteroatoms. The van der Waals surface area contributed by atoms with Crippen LogP contribution in [-0.2, 0) is 0 Å². The zero-order valence-electron chi connectivity index (χ0n) is 8.35. The van der Waals surface area contributed by atoms with Crippen molar-refractivity contribution in [1.29, 1.82) is 0 Å². The van der Waals surface area contributed by atoms with Gasteiger partial charge in [-0.15, -0.1) is 0 Å². The van der Waals surface area contributed by atoms with E-state index >= 15 is 0 Å². The summed E-state index contributed by atoms with van der Waals surface area (Å²) in [6.45, 7) is 0. The van der Waals surface area contributed by atoms with Gasteiger partial charge in [0.2, 0.25) is 0 Å². The molecule has 0 bridgehead atoms. The second kappa shape index (κ2) is 3.65. The van der Waals surface area contributed by atoms with Gasteiger partial charge in [0.25, 0.3) is 0 Å². The molecule has 78 valence electrons. The Morgan fingerprint density at radius 2 is 1.75 bits per heavy atom. The average molecular weight is 230 g/mol. The zero-order valence-corrected chi connectivity index (χ0v) is 9.11. The number of fused-ring (bicyclic) bond motifs is 1. The third-order valence-electron chi connectivity index (χ3n) is 2.49. The highest BCUT2D eigenvalue weighted by atomic mass is 35.5. The van der Waals surface area contributed by atoms with Crippen LogP contribution in [0.2, 0.25) is 5.02 Å². The van der Waals surface area contributed by atoms with Crippen molar-refractivity contribution < 1.29 is 4.52 Å². The first-order valence-electron chi connectivity index (χ1n) is 4.95. The Hall–Kier alpha value is -1.80. The van der Waals surface area contributed by atoms with Gasteiger partial charge in [-0.05, 0) is 12.1 Å². The summed E-state index contributed by atoms with van der Waals surface area (Å²) < 4.78 is 5.35. The number of benzene rings is 2. The molecule has 0 amide bonds. The van der Waals surface area contributed by atoms with E-state index in [1.54, 1.807) is 0 Å². The average Bonchev–Trinajstić information content (AvgIpc) is 2.75. The van der Waals surface area contributed by atoms with Crippen LogP contribution in [0.5, 0.6) is 0 Å². The van der Waals surface area contributed by atoms with Gasteiger partial charge in [-0.25, -0.2) is 0 Å². The fourth-order valence-corrected chi connectivity index (χ4v) is 2.00. The van der Waals surface area contributed by atoms with Crippen molar-refractivity contribution in [2.75, 3.05) is 0 Å². The standard InChI is InChI=1S/C13H8ClNO/c14-10-7-4-8-11-12(10)13(16-15-11)9-5-2-1-3-6-9/h1-8H. The lowest BCUT2D eigenvalue weighted by atomic mass is 10.1. The lowest BCUT2D eigenvalue weighted by Crippen LogP contribution is -1.75. The third kappa shape index (κ3) is 1.39. The Bertz CT molecular complexity index is 631. The van der Waals surface area contributed by atoms with E-state index in [1.807, 2.05) is 48.5 Å². The van der Waals surface area contributed by atoms with Gasteiger partial charge < -0.3 is 4.52 Å². The van der Waals surface area contributed by atoms with Crippen LogP contribution < -0.4 is 0 Å². The molecule has 3 rings (SSSR count). The second-order valence-electron chi connectivity index (χ2n) is 3.51. The summed E-state index contributed by atoms with van der Waals surface area (Å²) in [4.78, 5) is 0.